The van der Waals surface area contributed by atoms with Crippen LogP contribution in [0.4, 0.5) is 11.4 Å². The smallest absolute Gasteiger partial charge is 0.0692 e. The lowest BCUT2D eigenvalue weighted by atomic mass is 10.1. The number of para-hydroxylation sites is 1. The average Bonchev–Trinajstić information content (AvgIpc) is 2.82. The summed E-state index contributed by atoms with van der Waals surface area (Å²) < 4.78 is 0.965. The van der Waals surface area contributed by atoms with E-state index < -0.39 is 0 Å². The molecule has 2 nitrogen and oxygen atoms in total. The Bertz CT molecular complexity index is 582. The number of fused-ring (bicyclic) bond motifs is 1. The van der Waals surface area contributed by atoms with Crippen molar-refractivity contribution in [3.05, 3.63) is 58.1 Å². The maximum Gasteiger partial charge on any atom is 0.0692 e. The van der Waals surface area contributed by atoms with Gasteiger partial charge in [0.15, 0.2) is 0 Å². The van der Waals surface area contributed by atoms with E-state index in [2.05, 4.69) is 57.2 Å². The van der Waals surface area contributed by atoms with Crippen LogP contribution in [0.2, 0.25) is 0 Å². The third-order valence-electron chi connectivity index (χ3n) is 3.41. The number of rotatable bonds is 2. The molecule has 92 valence electrons. The minimum absolute atomic E-state index is 0.0669. The Kier molecular flexibility index (Phi) is 3.10. The highest BCUT2D eigenvalue weighted by molar-refractivity contribution is 9.10. The molecule has 0 spiro atoms. The van der Waals surface area contributed by atoms with Crippen LogP contribution in [0, 0.1) is 0 Å². The van der Waals surface area contributed by atoms with Gasteiger partial charge in [-0.3, -0.25) is 0 Å². The van der Waals surface area contributed by atoms with Gasteiger partial charge in [-0.15, -0.1) is 0 Å². The van der Waals surface area contributed by atoms with E-state index in [4.69, 9.17) is 0 Å². The first-order valence-electron chi connectivity index (χ1n) is 6.04. The first kappa shape index (κ1) is 11.8. The highest BCUT2D eigenvalue weighted by Crippen LogP contribution is 2.35. The lowest BCUT2D eigenvalue weighted by Gasteiger charge is -2.20. The van der Waals surface area contributed by atoms with Crippen molar-refractivity contribution in [2.45, 2.75) is 13.0 Å². The van der Waals surface area contributed by atoms with Crippen LogP contribution < -0.4 is 4.90 Å². The second-order valence-corrected chi connectivity index (χ2v) is 5.32. The second-order valence-electron chi connectivity index (χ2n) is 4.46. The Morgan fingerprint density at radius 1 is 1.17 bits per heavy atom. The van der Waals surface area contributed by atoms with Crippen molar-refractivity contribution in [1.29, 1.82) is 0 Å². The topological polar surface area (TPSA) is 23.5 Å². The lowest BCUT2D eigenvalue weighted by Crippen LogP contribution is -2.13. The van der Waals surface area contributed by atoms with Gasteiger partial charge in [0.05, 0.1) is 6.61 Å². The standard InChI is InChI=1S/C15H14BrNO/c16-14-9-13(6-5-12(14)10-18)17-8-7-11-3-1-2-4-15(11)17/h1-6,9,18H,7-8,10H2. The normalized spacial score (nSPS) is 13.8. The maximum absolute atomic E-state index is 9.19. The fourth-order valence-electron chi connectivity index (χ4n) is 2.44. The quantitative estimate of drug-likeness (QED) is 0.915. The van der Waals surface area contributed by atoms with Crippen LogP contribution in [0.15, 0.2) is 46.9 Å². The van der Waals surface area contributed by atoms with E-state index in [0.717, 1.165) is 23.0 Å². The van der Waals surface area contributed by atoms with Crippen LogP contribution >= 0.6 is 15.9 Å². The molecule has 0 saturated carbocycles. The molecule has 3 rings (SSSR count). The molecular weight excluding hydrogens is 290 g/mol. The van der Waals surface area contributed by atoms with Crippen molar-refractivity contribution in [2.24, 2.45) is 0 Å². The molecule has 1 aliphatic rings. The summed E-state index contributed by atoms with van der Waals surface area (Å²) >= 11 is 3.51. The van der Waals surface area contributed by atoms with E-state index in [1.807, 2.05) is 6.07 Å². The lowest BCUT2D eigenvalue weighted by molar-refractivity contribution is 0.281. The molecule has 0 saturated heterocycles. The Morgan fingerprint density at radius 2 is 2.00 bits per heavy atom. The molecule has 0 unspecified atom stereocenters. The molecule has 0 atom stereocenters. The summed E-state index contributed by atoms with van der Waals surface area (Å²) in [5.74, 6) is 0. The van der Waals surface area contributed by atoms with Gasteiger partial charge in [0, 0.05) is 22.4 Å². The van der Waals surface area contributed by atoms with E-state index in [1.165, 1.54) is 16.9 Å². The summed E-state index contributed by atoms with van der Waals surface area (Å²) in [5, 5.41) is 9.19. The first-order chi connectivity index (χ1) is 8.79. The van der Waals surface area contributed by atoms with Crippen LogP contribution in [0.25, 0.3) is 0 Å². The molecule has 3 heteroatoms. The number of aliphatic hydroxyl groups excluding tert-OH is 1. The van der Waals surface area contributed by atoms with Crippen molar-refractivity contribution < 1.29 is 5.11 Å². The largest absolute Gasteiger partial charge is 0.392 e. The van der Waals surface area contributed by atoms with Crippen LogP contribution in [-0.4, -0.2) is 11.7 Å². The molecular formula is C15H14BrNO. The van der Waals surface area contributed by atoms with Crippen LogP contribution in [0.1, 0.15) is 11.1 Å². The van der Waals surface area contributed by atoms with Crippen molar-refractivity contribution in [3.8, 4) is 0 Å². The molecule has 2 aromatic carbocycles. The minimum Gasteiger partial charge on any atom is -0.392 e. The number of nitrogens with zero attached hydrogens (tertiary/aromatic N) is 1. The first-order valence-corrected chi connectivity index (χ1v) is 6.83. The summed E-state index contributed by atoms with van der Waals surface area (Å²) in [5.41, 5.74) is 4.79. The van der Waals surface area contributed by atoms with Gasteiger partial charge in [-0.05, 0) is 35.7 Å². The summed E-state index contributed by atoms with van der Waals surface area (Å²) in [6, 6.07) is 14.6. The van der Waals surface area contributed by atoms with Crippen LogP contribution in [-0.2, 0) is 13.0 Å². The average molecular weight is 304 g/mol. The fraction of sp³-hybridized carbons (Fsp3) is 0.200. The summed E-state index contributed by atoms with van der Waals surface area (Å²) in [7, 11) is 0. The Morgan fingerprint density at radius 3 is 2.78 bits per heavy atom. The highest BCUT2D eigenvalue weighted by atomic mass is 79.9. The minimum atomic E-state index is 0.0669. The molecule has 0 radical (unpaired) electrons. The molecule has 0 aromatic heterocycles. The maximum atomic E-state index is 9.19. The third-order valence-corrected chi connectivity index (χ3v) is 4.14. The molecule has 2 aromatic rings. The number of aliphatic hydroxyl groups is 1. The third kappa shape index (κ3) is 1.93. The number of benzene rings is 2. The number of anilines is 2. The summed E-state index contributed by atoms with van der Waals surface area (Å²) in [6.45, 7) is 1.09. The van der Waals surface area contributed by atoms with E-state index >= 15 is 0 Å². The van der Waals surface area contributed by atoms with E-state index in [-0.39, 0.29) is 6.61 Å². The number of hydrogen-bond donors (Lipinski definition) is 1. The monoisotopic (exact) mass is 303 g/mol. The van der Waals surface area contributed by atoms with E-state index in [0.29, 0.717) is 0 Å². The molecule has 0 bridgehead atoms. The Labute approximate surface area is 115 Å². The molecule has 18 heavy (non-hydrogen) atoms. The van der Waals surface area contributed by atoms with Gasteiger partial charge in [0.25, 0.3) is 0 Å². The predicted molar refractivity (Wildman–Crippen MR) is 77.2 cm³/mol. The van der Waals surface area contributed by atoms with Gasteiger partial charge in [0.1, 0.15) is 0 Å². The van der Waals surface area contributed by atoms with Crippen molar-refractivity contribution >= 4 is 27.3 Å². The molecule has 1 N–H and O–H groups in total. The van der Waals surface area contributed by atoms with Gasteiger partial charge in [-0.1, -0.05) is 40.2 Å². The molecule has 1 aliphatic heterocycles. The second kappa shape index (κ2) is 4.75. The Hall–Kier alpha value is -1.32. The zero-order chi connectivity index (χ0) is 12.5. The van der Waals surface area contributed by atoms with E-state index in [9.17, 15) is 5.11 Å². The molecule has 1 heterocycles. The van der Waals surface area contributed by atoms with Gasteiger partial charge in [-0.25, -0.2) is 0 Å². The summed E-state index contributed by atoms with van der Waals surface area (Å²) in [6.07, 6.45) is 1.09. The van der Waals surface area contributed by atoms with Gasteiger partial charge >= 0.3 is 0 Å². The highest BCUT2D eigenvalue weighted by Gasteiger charge is 2.19. The zero-order valence-electron chi connectivity index (χ0n) is 9.94. The SMILES string of the molecule is OCc1ccc(N2CCc3ccccc32)cc1Br. The number of halogens is 1. The Balaban J connectivity index is 2.00. The van der Waals surface area contributed by atoms with Gasteiger partial charge in [0.2, 0.25) is 0 Å². The van der Waals surface area contributed by atoms with Gasteiger partial charge < -0.3 is 10.0 Å². The van der Waals surface area contributed by atoms with Crippen LogP contribution in [0.3, 0.4) is 0 Å². The fourth-order valence-corrected chi connectivity index (χ4v) is 2.93. The molecule has 0 aliphatic carbocycles. The molecule has 0 fully saturated rings. The molecule has 0 amide bonds. The van der Waals surface area contributed by atoms with Crippen molar-refractivity contribution in [3.63, 3.8) is 0 Å². The predicted octanol–water partition coefficient (Wildman–Crippen LogP) is 3.64. The van der Waals surface area contributed by atoms with Crippen molar-refractivity contribution in [2.75, 3.05) is 11.4 Å². The van der Waals surface area contributed by atoms with Crippen molar-refractivity contribution in [1.82, 2.24) is 0 Å². The van der Waals surface area contributed by atoms with E-state index in [1.54, 1.807) is 0 Å². The zero-order valence-corrected chi connectivity index (χ0v) is 11.5. The summed E-state index contributed by atoms with van der Waals surface area (Å²) in [4.78, 5) is 2.32. The number of hydrogen-bond acceptors (Lipinski definition) is 2. The van der Waals surface area contributed by atoms with Crippen LogP contribution in [0.5, 0.6) is 0 Å². The van der Waals surface area contributed by atoms with Gasteiger partial charge in [-0.2, -0.15) is 0 Å².